The Kier molecular flexibility index (Phi) is 11.5. The second kappa shape index (κ2) is 14.4. The molecule has 13 heteroatoms. The summed E-state index contributed by atoms with van der Waals surface area (Å²) in [5.74, 6) is -3.30. The lowest BCUT2D eigenvalue weighted by molar-refractivity contribution is -0.324. The van der Waals surface area contributed by atoms with Crippen molar-refractivity contribution in [2.45, 2.75) is 93.2 Å². The second-order valence-corrected chi connectivity index (χ2v) is 11.1. The van der Waals surface area contributed by atoms with E-state index in [1.54, 1.807) is 7.11 Å². The van der Waals surface area contributed by atoms with Gasteiger partial charge in [0, 0.05) is 18.9 Å². The van der Waals surface area contributed by atoms with Gasteiger partial charge in [-0.2, -0.15) is 0 Å². The van der Waals surface area contributed by atoms with E-state index in [0.29, 0.717) is 25.1 Å². The van der Waals surface area contributed by atoms with E-state index in [4.69, 9.17) is 19.3 Å². The fraction of sp³-hybridized carbons (Fsp3) is 0.679. The molecule has 3 rings (SSSR count). The normalized spacial score (nSPS) is 27.5. The van der Waals surface area contributed by atoms with E-state index >= 15 is 0 Å². The molecule has 1 aromatic carbocycles. The summed E-state index contributed by atoms with van der Waals surface area (Å²) < 4.78 is 17.6. The molecule has 0 radical (unpaired) electrons. The van der Waals surface area contributed by atoms with E-state index in [1.165, 1.54) is 0 Å². The Hall–Kier alpha value is -2.81. The van der Waals surface area contributed by atoms with Crippen molar-refractivity contribution in [2.24, 2.45) is 0 Å². The van der Waals surface area contributed by atoms with Crippen LogP contribution in [0.1, 0.15) is 56.4 Å². The molecule has 230 valence electrons. The summed E-state index contributed by atoms with van der Waals surface area (Å²) >= 11 is 0. The van der Waals surface area contributed by atoms with Crippen LogP contribution in [0, 0.1) is 0 Å². The van der Waals surface area contributed by atoms with Gasteiger partial charge in [-0.15, -0.1) is 0 Å². The third kappa shape index (κ3) is 8.15. The van der Waals surface area contributed by atoms with Gasteiger partial charge in [0.15, 0.2) is 12.4 Å². The standard InChI is InChI=1S/C28H42N2O11/c1-30(2)15-18(16-7-9-17(39-3)10-8-16)28(13-5-4-6-14-28)41-27-23(35)21(33)22(34)24(40-27)25(36)29-19(26(37)38)11-12-20(31)32/h7-10,18-19,21-24,27,33-35H,4-6,11-15H2,1-3H3,(H,29,36)(H,31,32)(H,37,38). The zero-order chi connectivity index (χ0) is 30.3. The average Bonchev–Trinajstić information content (AvgIpc) is 2.94. The number of carbonyl (C=O) groups is 3. The van der Waals surface area contributed by atoms with Crippen LogP contribution in [0.2, 0.25) is 0 Å². The van der Waals surface area contributed by atoms with Crippen LogP contribution in [-0.4, -0.2) is 118 Å². The highest BCUT2D eigenvalue weighted by Gasteiger charge is 2.52. The van der Waals surface area contributed by atoms with Crippen molar-refractivity contribution in [3.8, 4) is 5.75 Å². The fourth-order valence-corrected chi connectivity index (χ4v) is 5.65. The Morgan fingerprint density at radius 2 is 1.66 bits per heavy atom. The number of amides is 1. The van der Waals surface area contributed by atoms with Gasteiger partial charge in [0.25, 0.3) is 5.91 Å². The van der Waals surface area contributed by atoms with Crippen molar-refractivity contribution >= 4 is 17.8 Å². The van der Waals surface area contributed by atoms with Gasteiger partial charge in [0.1, 0.15) is 30.1 Å². The van der Waals surface area contributed by atoms with E-state index in [1.807, 2.05) is 43.3 Å². The fourth-order valence-electron chi connectivity index (χ4n) is 5.65. The van der Waals surface area contributed by atoms with Crippen molar-refractivity contribution in [3.05, 3.63) is 29.8 Å². The van der Waals surface area contributed by atoms with E-state index in [0.717, 1.165) is 24.8 Å². The van der Waals surface area contributed by atoms with Crippen LogP contribution in [0.15, 0.2) is 24.3 Å². The number of aliphatic hydroxyl groups is 3. The average molecular weight is 583 g/mol. The highest BCUT2D eigenvalue weighted by Crippen LogP contribution is 2.45. The third-order valence-corrected chi connectivity index (χ3v) is 7.84. The molecule has 0 spiro atoms. The predicted octanol–water partition coefficient (Wildman–Crippen LogP) is 0.302. The molecule has 1 aliphatic heterocycles. The number of carboxylic acid groups (broad SMARTS) is 2. The minimum Gasteiger partial charge on any atom is -0.497 e. The largest absolute Gasteiger partial charge is 0.497 e. The number of hydrogen-bond acceptors (Lipinski definition) is 10. The molecule has 1 aliphatic carbocycles. The lowest BCUT2D eigenvalue weighted by atomic mass is 9.72. The first kappa shape index (κ1) is 32.7. The first-order valence-electron chi connectivity index (χ1n) is 13.8. The third-order valence-electron chi connectivity index (χ3n) is 7.84. The van der Waals surface area contributed by atoms with Gasteiger partial charge in [0.2, 0.25) is 0 Å². The van der Waals surface area contributed by atoms with E-state index in [2.05, 4.69) is 5.32 Å². The summed E-state index contributed by atoms with van der Waals surface area (Å²) in [6, 6.07) is 6.03. The SMILES string of the molecule is COc1ccc(C(CN(C)C)C2(OC3OC(C(=O)NC(CCC(=O)O)C(=O)O)C(O)C(O)C3O)CCCCC2)cc1. The maximum Gasteiger partial charge on any atom is 0.326 e. The summed E-state index contributed by atoms with van der Waals surface area (Å²) in [5, 5.41) is 52.6. The number of aliphatic hydroxyl groups excluding tert-OH is 3. The summed E-state index contributed by atoms with van der Waals surface area (Å²) in [6.45, 7) is 0.577. The molecule has 1 aromatic rings. The van der Waals surface area contributed by atoms with Gasteiger partial charge < -0.3 is 50.0 Å². The number of nitrogens with one attached hydrogen (secondary N) is 1. The molecule has 6 N–H and O–H groups in total. The van der Waals surface area contributed by atoms with Crippen LogP contribution in [0.5, 0.6) is 5.75 Å². The van der Waals surface area contributed by atoms with Crippen molar-refractivity contribution < 1.29 is 54.1 Å². The molecule has 0 aromatic heterocycles. The highest BCUT2D eigenvalue weighted by atomic mass is 16.7. The Labute approximate surface area is 239 Å². The highest BCUT2D eigenvalue weighted by molar-refractivity contribution is 5.87. The molecule has 41 heavy (non-hydrogen) atoms. The monoisotopic (exact) mass is 582 g/mol. The van der Waals surface area contributed by atoms with Crippen LogP contribution < -0.4 is 10.1 Å². The van der Waals surface area contributed by atoms with Crippen molar-refractivity contribution in [3.63, 3.8) is 0 Å². The maximum atomic E-state index is 13.0. The summed E-state index contributed by atoms with van der Waals surface area (Å²) in [5.41, 5.74) is 0.0981. The number of aliphatic carboxylic acids is 2. The number of carboxylic acids is 2. The smallest absolute Gasteiger partial charge is 0.326 e. The molecule has 2 aliphatic rings. The molecular formula is C28H42N2O11. The molecule has 1 amide bonds. The first-order valence-corrected chi connectivity index (χ1v) is 13.8. The van der Waals surface area contributed by atoms with Crippen molar-refractivity contribution in [1.82, 2.24) is 10.2 Å². The summed E-state index contributed by atoms with van der Waals surface area (Å²) in [6.07, 6.45) is -5.77. The van der Waals surface area contributed by atoms with Crippen LogP contribution in [0.3, 0.4) is 0 Å². The van der Waals surface area contributed by atoms with Crippen LogP contribution in [0.25, 0.3) is 0 Å². The summed E-state index contributed by atoms with van der Waals surface area (Å²) in [4.78, 5) is 37.5. The van der Waals surface area contributed by atoms with E-state index < -0.39 is 73.0 Å². The molecule has 2 fully saturated rings. The second-order valence-electron chi connectivity index (χ2n) is 11.1. The van der Waals surface area contributed by atoms with Crippen molar-refractivity contribution in [1.29, 1.82) is 0 Å². The Bertz CT molecular complexity index is 1030. The minimum absolute atomic E-state index is 0.205. The molecule has 0 bridgehead atoms. The zero-order valence-electron chi connectivity index (χ0n) is 23.6. The maximum absolute atomic E-state index is 13.0. The first-order chi connectivity index (χ1) is 19.4. The number of ether oxygens (including phenoxy) is 3. The molecule has 1 saturated carbocycles. The van der Waals surface area contributed by atoms with E-state index in [-0.39, 0.29) is 5.92 Å². The molecule has 1 heterocycles. The van der Waals surface area contributed by atoms with Crippen LogP contribution >= 0.6 is 0 Å². The Morgan fingerprint density at radius 3 is 2.20 bits per heavy atom. The van der Waals surface area contributed by atoms with E-state index in [9.17, 15) is 34.8 Å². The van der Waals surface area contributed by atoms with Crippen LogP contribution in [0.4, 0.5) is 0 Å². The lowest BCUT2D eigenvalue weighted by Crippen LogP contribution is -2.64. The van der Waals surface area contributed by atoms with Gasteiger partial charge >= 0.3 is 11.9 Å². The van der Waals surface area contributed by atoms with Gasteiger partial charge in [-0.25, -0.2) is 4.79 Å². The Morgan fingerprint density at radius 1 is 1.02 bits per heavy atom. The van der Waals surface area contributed by atoms with Gasteiger partial charge in [0.05, 0.1) is 12.7 Å². The number of rotatable bonds is 13. The number of carbonyl (C=O) groups excluding carboxylic acids is 1. The van der Waals surface area contributed by atoms with Gasteiger partial charge in [-0.1, -0.05) is 31.4 Å². The molecule has 1 saturated heterocycles. The number of benzene rings is 1. The lowest BCUT2D eigenvalue weighted by Gasteiger charge is -2.49. The number of hydrogen-bond donors (Lipinski definition) is 6. The quantitative estimate of drug-likeness (QED) is 0.186. The Balaban J connectivity index is 1.90. The predicted molar refractivity (Wildman–Crippen MR) is 144 cm³/mol. The van der Waals surface area contributed by atoms with Gasteiger partial charge in [-0.05, 0) is 51.1 Å². The molecule has 13 nitrogen and oxygen atoms in total. The number of nitrogens with zero attached hydrogens (tertiary/aromatic N) is 1. The summed E-state index contributed by atoms with van der Waals surface area (Å²) in [7, 11) is 5.45. The minimum atomic E-state index is -1.89. The number of methoxy groups -OCH3 is 1. The molecule has 7 atom stereocenters. The van der Waals surface area contributed by atoms with Crippen molar-refractivity contribution in [2.75, 3.05) is 27.7 Å². The zero-order valence-corrected chi connectivity index (χ0v) is 23.6. The van der Waals surface area contributed by atoms with Crippen LogP contribution in [-0.2, 0) is 23.9 Å². The molecular weight excluding hydrogens is 540 g/mol. The number of likely N-dealkylation sites (N-methyl/N-ethyl adjacent to an activating group) is 1. The topological polar surface area (TPSA) is 195 Å². The van der Waals surface area contributed by atoms with Gasteiger partial charge in [-0.3, -0.25) is 9.59 Å². The molecule has 7 unspecified atom stereocenters.